The molecule has 6 nitrogen and oxygen atoms in total. The minimum absolute atomic E-state index is 0.116. The predicted molar refractivity (Wildman–Crippen MR) is 141 cm³/mol. The smallest absolute Gasteiger partial charge is 0.287 e. The predicted octanol–water partition coefficient (Wildman–Crippen LogP) is 5.49. The second-order valence-corrected chi connectivity index (χ2v) is 8.71. The van der Waals surface area contributed by atoms with Crippen LogP contribution in [0.15, 0.2) is 108 Å². The third kappa shape index (κ3) is 4.79. The number of aromatic amines is 1. The van der Waals surface area contributed by atoms with Gasteiger partial charge in [-0.2, -0.15) is 0 Å². The van der Waals surface area contributed by atoms with E-state index in [1.807, 2.05) is 48.5 Å². The highest BCUT2D eigenvalue weighted by atomic mass is 16.3. The maximum Gasteiger partial charge on any atom is 0.287 e. The largest absolute Gasteiger partial charge is 0.459 e. The molecule has 0 spiro atoms. The molecule has 0 aliphatic rings. The van der Waals surface area contributed by atoms with Gasteiger partial charge in [0.2, 0.25) is 5.91 Å². The van der Waals surface area contributed by atoms with E-state index in [9.17, 15) is 9.59 Å². The molecule has 2 amide bonds. The number of carbonyl (C=O) groups excluding carboxylic acids is 2. The summed E-state index contributed by atoms with van der Waals surface area (Å²) in [6.45, 7) is 2.03. The van der Waals surface area contributed by atoms with Crippen molar-refractivity contribution < 1.29 is 14.0 Å². The van der Waals surface area contributed by atoms with Gasteiger partial charge in [-0.15, -0.1) is 0 Å². The Morgan fingerprint density at radius 2 is 1.56 bits per heavy atom. The van der Waals surface area contributed by atoms with Crippen LogP contribution in [-0.4, -0.2) is 29.4 Å². The van der Waals surface area contributed by atoms with Crippen molar-refractivity contribution in [2.45, 2.75) is 18.9 Å². The van der Waals surface area contributed by atoms with Crippen LogP contribution in [0.3, 0.4) is 0 Å². The summed E-state index contributed by atoms with van der Waals surface area (Å²) in [5.74, 6) is -0.639. The molecule has 36 heavy (non-hydrogen) atoms. The summed E-state index contributed by atoms with van der Waals surface area (Å²) in [6.07, 6.45) is 1.43. The van der Waals surface area contributed by atoms with Gasteiger partial charge < -0.3 is 20.0 Å². The molecule has 3 aromatic carbocycles. The number of benzene rings is 3. The first-order valence-corrected chi connectivity index (χ1v) is 11.9. The quantitative estimate of drug-likeness (QED) is 0.276. The summed E-state index contributed by atoms with van der Waals surface area (Å²) in [7, 11) is 0. The van der Waals surface area contributed by atoms with Gasteiger partial charge in [0.25, 0.3) is 5.91 Å². The van der Waals surface area contributed by atoms with Gasteiger partial charge in [0.05, 0.1) is 12.0 Å². The lowest BCUT2D eigenvalue weighted by atomic mass is 9.87. The van der Waals surface area contributed by atoms with Crippen LogP contribution in [0, 0.1) is 0 Å². The van der Waals surface area contributed by atoms with Crippen molar-refractivity contribution in [3.05, 3.63) is 120 Å². The van der Waals surface area contributed by atoms with Crippen molar-refractivity contribution in [3.8, 4) is 11.3 Å². The summed E-state index contributed by atoms with van der Waals surface area (Å²) in [6, 6.07) is 31.1. The number of rotatable bonds is 8. The minimum Gasteiger partial charge on any atom is -0.459 e. The van der Waals surface area contributed by atoms with Crippen LogP contribution >= 0.6 is 0 Å². The molecular weight excluding hydrogens is 450 g/mol. The van der Waals surface area contributed by atoms with Gasteiger partial charge in [0, 0.05) is 23.4 Å². The molecule has 6 heteroatoms. The number of hydrogen-bond acceptors (Lipinski definition) is 3. The fourth-order valence-corrected chi connectivity index (χ4v) is 4.53. The molecule has 0 aliphatic carbocycles. The standard InChI is InChI=1S/C30H27N3O3/c1-20(32-30(35)26-17-10-18-36-26)29(34)31-19-24(21-11-4-2-5-12-21)27-23-15-8-9-16-25(23)33-28(27)22-13-6-3-7-14-22/h2-18,20,24,33H,19H2,1H3,(H,31,34)(H,32,35)/t20-,24-/m0/s1. The molecule has 2 heterocycles. The molecule has 0 radical (unpaired) electrons. The fourth-order valence-electron chi connectivity index (χ4n) is 4.53. The van der Waals surface area contributed by atoms with Crippen LogP contribution in [0.1, 0.15) is 34.5 Å². The van der Waals surface area contributed by atoms with Crippen LogP contribution < -0.4 is 10.6 Å². The van der Waals surface area contributed by atoms with E-state index in [1.54, 1.807) is 19.1 Å². The Morgan fingerprint density at radius 1 is 0.861 bits per heavy atom. The zero-order chi connectivity index (χ0) is 24.9. The number of nitrogens with one attached hydrogen (secondary N) is 3. The topological polar surface area (TPSA) is 87.1 Å². The maximum absolute atomic E-state index is 13.0. The molecule has 5 aromatic rings. The number of hydrogen-bond donors (Lipinski definition) is 3. The first kappa shape index (κ1) is 23.2. The van der Waals surface area contributed by atoms with E-state index in [0.717, 1.165) is 33.3 Å². The number of furan rings is 1. The van der Waals surface area contributed by atoms with Gasteiger partial charge in [-0.25, -0.2) is 0 Å². The molecule has 0 bridgehead atoms. The number of carbonyl (C=O) groups is 2. The van der Waals surface area contributed by atoms with E-state index in [-0.39, 0.29) is 17.6 Å². The second kappa shape index (κ2) is 10.4. The summed E-state index contributed by atoms with van der Waals surface area (Å²) in [5.41, 5.74) is 5.36. The SMILES string of the molecule is C[C@H](NC(=O)c1ccco1)C(=O)NC[C@@H](c1ccccc1)c1c(-c2ccccc2)[nH]c2ccccc12. The molecule has 2 atom stereocenters. The average molecular weight is 478 g/mol. The van der Waals surface area contributed by atoms with Crippen molar-refractivity contribution in [2.24, 2.45) is 0 Å². The van der Waals surface area contributed by atoms with Crippen molar-refractivity contribution in [3.63, 3.8) is 0 Å². The van der Waals surface area contributed by atoms with Gasteiger partial charge in [0.1, 0.15) is 6.04 Å². The minimum atomic E-state index is -0.726. The van der Waals surface area contributed by atoms with E-state index in [0.29, 0.717) is 6.54 Å². The molecule has 2 aromatic heterocycles. The number of aromatic nitrogens is 1. The Kier molecular flexibility index (Phi) is 6.67. The summed E-state index contributed by atoms with van der Waals surface area (Å²) < 4.78 is 5.13. The third-order valence-corrected chi connectivity index (χ3v) is 6.33. The average Bonchev–Trinajstić information content (AvgIpc) is 3.59. The van der Waals surface area contributed by atoms with Crippen LogP contribution in [0.4, 0.5) is 0 Å². The van der Waals surface area contributed by atoms with E-state index in [2.05, 4.69) is 52.0 Å². The Hall–Kier alpha value is -4.58. The maximum atomic E-state index is 13.0. The van der Waals surface area contributed by atoms with E-state index >= 15 is 0 Å². The Labute approximate surface area is 209 Å². The zero-order valence-electron chi connectivity index (χ0n) is 19.9. The van der Waals surface area contributed by atoms with Gasteiger partial charge in [0.15, 0.2) is 5.76 Å². The van der Waals surface area contributed by atoms with E-state index < -0.39 is 11.9 Å². The number of fused-ring (bicyclic) bond motifs is 1. The number of para-hydroxylation sites is 1. The zero-order valence-corrected chi connectivity index (χ0v) is 19.9. The molecule has 0 aliphatic heterocycles. The third-order valence-electron chi connectivity index (χ3n) is 6.33. The Bertz CT molecular complexity index is 1460. The molecule has 3 N–H and O–H groups in total. The van der Waals surface area contributed by atoms with Crippen molar-refractivity contribution >= 4 is 22.7 Å². The molecule has 0 unspecified atom stereocenters. The number of amides is 2. The van der Waals surface area contributed by atoms with Gasteiger partial charge in [-0.3, -0.25) is 9.59 Å². The summed E-state index contributed by atoms with van der Waals surface area (Å²) >= 11 is 0. The molecule has 0 fully saturated rings. The highest BCUT2D eigenvalue weighted by molar-refractivity contribution is 5.95. The first-order valence-electron chi connectivity index (χ1n) is 11.9. The number of H-pyrrole nitrogens is 1. The van der Waals surface area contributed by atoms with E-state index in [4.69, 9.17) is 4.42 Å². The van der Waals surface area contributed by atoms with E-state index in [1.165, 1.54) is 6.26 Å². The van der Waals surface area contributed by atoms with Crippen LogP contribution in [0.25, 0.3) is 22.2 Å². The Morgan fingerprint density at radius 3 is 2.28 bits per heavy atom. The van der Waals surface area contributed by atoms with Crippen LogP contribution in [0.2, 0.25) is 0 Å². The molecular formula is C30H27N3O3. The van der Waals surface area contributed by atoms with Gasteiger partial charge >= 0.3 is 0 Å². The second-order valence-electron chi connectivity index (χ2n) is 8.71. The lowest BCUT2D eigenvalue weighted by Crippen LogP contribution is -2.45. The molecule has 180 valence electrons. The fraction of sp³-hybridized carbons (Fsp3) is 0.133. The first-order chi connectivity index (χ1) is 17.6. The lowest BCUT2D eigenvalue weighted by Gasteiger charge is -2.22. The summed E-state index contributed by atoms with van der Waals surface area (Å²) in [4.78, 5) is 28.9. The van der Waals surface area contributed by atoms with Crippen molar-refractivity contribution in [1.29, 1.82) is 0 Å². The van der Waals surface area contributed by atoms with Crippen LogP contribution in [0.5, 0.6) is 0 Å². The highest BCUT2D eigenvalue weighted by Gasteiger charge is 2.25. The molecule has 0 saturated heterocycles. The summed E-state index contributed by atoms with van der Waals surface area (Å²) in [5, 5.41) is 6.87. The van der Waals surface area contributed by atoms with Crippen molar-refractivity contribution in [2.75, 3.05) is 6.54 Å². The normalized spacial score (nSPS) is 12.7. The lowest BCUT2D eigenvalue weighted by molar-refractivity contribution is -0.122. The van der Waals surface area contributed by atoms with Gasteiger partial charge in [-0.05, 0) is 41.8 Å². The molecule has 0 saturated carbocycles. The van der Waals surface area contributed by atoms with Crippen LogP contribution in [-0.2, 0) is 4.79 Å². The Balaban J connectivity index is 1.47. The van der Waals surface area contributed by atoms with Gasteiger partial charge in [-0.1, -0.05) is 78.9 Å². The van der Waals surface area contributed by atoms with Crippen molar-refractivity contribution in [1.82, 2.24) is 15.6 Å². The molecule has 5 rings (SSSR count). The highest BCUT2D eigenvalue weighted by Crippen LogP contribution is 2.38. The monoisotopic (exact) mass is 477 g/mol.